The Hall–Kier alpha value is -2.30. The second-order valence-electron chi connectivity index (χ2n) is 7.48. The summed E-state index contributed by atoms with van der Waals surface area (Å²) in [5.41, 5.74) is 1.34. The van der Waals surface area contributed by atoms with Crippen LogP contribution in [0, 0.1) is 0 Å². The normalized spacial score (nSPS) is 15.9. The third kappa shape index (κ3) is 4.26. The van der Waals surface area contributed by atoms with Gasteiger partial charge in [-0.2, -0.15) is 22.1 Å². The average molecular weight is 435 g/mol. The van der Waals surface area contributed by atoms with Crippen LogP contribution in [-0.2, 0) is 10.2 Å². The molecule has 9 nitrogen and oxygen atoms in total. The number of piperazine rings is 1. The van der Waals surface area contributed by atoms with Gasteiger partial charge < -0.3 is 4.90 Å². The predicted molar refractivity (Wildman–Crippen MR) is 115 cm³/mol. The van der Waals surface area contributed by atoms with Gasteiger partial charge in [-0.3, -0.25) is 4.79 Å². The van der Waals surface area contributed by atoms with E-state index in [4.69, 9.17) is 0 Å². The fraction of sp³-hybridized carbons (Fsp3) is 0.550. The standard InChI is InChI=1S/C20H30N6O3S/c1-5-24(6-2)30(28,29)25-13-11-23(12-14-25)20(27)17-15-22-26(19(17)16(3)4)18-9-7-8-10-21-18/h7-10,15-16H,5-6,11-14H2,1-4H3. The van der Waals surface area contributed by atoms with Crippen molar-refractivity contribution in [3.05, 3.63) is 41.9 Å². The summed E-state index contributed by atoms with van der Waals surface area (Å²) in [6, 6.07) is 5.56. The first-order chi connectivity index (χ1) is 14.3. The summed E-state index contributed by atoms with van der Waals surface area (Å²) < 4.78 is 30.1. The van der Waals surface area contributed by atoms with Crippen molar-refractivity contribution in [2.75, 3.05) is 39.3 Å². The van der Waals surface area contributed by atoms with Crippen molar-refractivity contribution in [2.24, 2.45) is 0 Å². The first-order valence-electron chi connectivity index (χ1n) is 10.3. The van der Waals surface area contributed by atoms with E-state index in [1.165, 1.54) is 8.61 Å². The summed E-state index contributed by atoms with van der Waals surface area (Å²) >= 11 is 0. The van der Waals surface area contributed by atoms with E-state index in [-0.39, 0.29) is 24.9 Å². The lowest BCUT2D eigenvalue weighted by Gasteiger charge is -2.36. The summed E-state index contributed by atoms with van der Waals surface area (Å²) in [4.78, 5) is 19.3. The van der Waals surface area contributed by atoms with Crippen molar-refractivity contribution in [2.45, 2.75) is 33.6 Å². The molecule has 1 saturated heterocycles. The van der Waals surface area contributed by atoms with Gasteiger partial charge in [0.2, 0.25) is 0 Å². The zero-order chi connectivity index (χ0) is 21.9. The van der Waals surface area contributed by atoms with Crippen molar-refractivity contribution in [1.29, 1.82) is 0 Å². The number of nitrogens with zero attached hydrogens (tertiary/aromatic N) is 6. The Morgan fingerprint density at radius 3 is 2.33 bits per heavy atom. The Balaban J connectivity index is 1.78. The lowest BCUT2D eigenvalue weighted by Crippen LogP contribution is -2.54. The van der Waals surface area contributed by atoms with Crippen LogP contribution in [0.2, 0.25) is 0 Å². The minimum Gasteiger partial charge on any atom is -0.336 e. The molecule has 0 N–H and O–H groups in total. The van der Waals surface area contributed by atoms with Crippen molar-refractivity contribution in [3.63, 3.8) is 0 Å². The number of hydrogen-bond acceptors (Lipinski definition) is 5. The molecule has 3 heterocycles. The molecule has 0 radical (unpaired) electrons. The van der Waals surface area contributed by atoms with Crippen LogP contribution in [0.5, 0.6) is 0 Å². The average Bonchev–Trinajstić information content (AvgIpc) is 3.20. The van der Waals surface area contributed by atoms with Crippen molar-refractivity contribution < 1.29 is 13.2 Å². The van der Waals surface area contributed by atoms with Gasteiger partial charge >= 0.3 is 0 Å². The number of carbonyl (C=O) groups excluding carboxylic acids is 1. The molecule has 2 aromatic heterocycles. The van der Waals surface area contributed by atoms with E-state index < -0.39 is 10.2 Å². The van der Waals surface area contributed by atoms with E-state index in [1.807, 2.05) is 45.9 Å². The maximum Gasteiger partial charge on any atom is 0.282 e. The smallest absolute Gasteiger partial charge is 0.282 e. The fourth-order valence-corrected chi connectivity index (χ4v) is 5.35. The number of pyridine rings is 1. The Kier molecular flexibility index (Phi) is 6.89. The summed E-state index contributed by atoms with van der Waals surface area (Å²) in [5, 5.41) is 4.42. The molecule has 1 fully saturated rings. The third-order valence-corrected chi connectivity index (χ3v) is 7.52. The van der Waals surface area contributed by atoms with Crippen LogP contribution in [0.4, 0.5) is 0 Å². The summed E-state index contributed by atoms with van der Waals surface area (Å²) in [7, 11) is -3.49. The number of rotatable bonds is 7. The fourth-order valence-electron chi connectivity index (χ4n) is 3.75. The minimum atomic E-state index is -3.49. The molecular formula is C20H30N6O3S. The van der Waals surface area contributed by atoms with Gasteiger partial charge in [-0.05, 0) is 18.1 Å². The lowest BCUT2D eigenvalue weighted by molar-refractivity contribution is 0.0692. The third-order valence-electron chi connectivity index (χ3n) is 5.33. The van der Waals surface area contributed by atoms with Gasteiger partial charge in [0.25, 0.3) is 16.1 Å². The van der Waals surface area contributed by atoms with E-state index in [2.05, 4.69) is 10.1 Å². The first kappa shape index (κ1) is 22.4. The van der Waals surface area contributed by atoms with Gasteiger partial charge in [0.05, 0.1) is 17.5 Å². The molecule has 10 heteroatoms. The van der Waals surface area contributed by atoms with Crippen LogP contribution in [0.15, 0.2) is 30.6 Å². The van der Waals surface area contributed by atoms with Gasteiger partial charge in [-0.1, -0.05) is 33.8 Å². The molecule has 0 saturated carbocycles. The maximum atomic E-state index is 13.2. The number of hydrogen-bond donors (Lipinski definition) is 0. The number of carbonyl (C=O) groups is 1. The molecule has 3 rings (SSSR count). The number of aromatic nitrogens is 3. The van der Waals surface area contributed by atoms with E-state index in [0.717, 1.165) is 5.69 Å². The van der Waals surface area contributed by atoms with Crippen molar-refractivity contribution >= 4 is 16.1 Å². The molecule has 1 aliphatic rings. The molecular weight excluding hydrogens is 404 g/mol. The largest absolute Gasteiger partial charge is 0.336 e. The minimum absolute atomic E-state index is 0.0674. The zero-order valence-corrected chi connectivity index (χ0v) is 18.8. The molecule has 164 valence electrons. The highest BCUT2D eigenvalue weighted by Crippen LogP contribution is 2.24. The summed E-state index contributed by atoms with van der Waals surface area (Å²) in [5.74, 6) is 0.606. The van der Waals surface area contributed by atoms with Crippen LogP contribution in [0.25, 0.3) is 5.82 Å². The summed E-state index contributed by atoms with van der Waals surface area (Å²) in [6.07, 6.45) is 3.28. The summed E-state index contributed by atoms with van der Waals surface area (Å²) in [6.45, 7) is 9.83. The van der Waals surface area contributed by atoms with Crippen LogP contribution in [0.1, 0.15) is 49.7 Å². The monoisotopic (exact) mass is 434 g/mol. The van der Waals surface area contributed by atoms with Crippen LogP contribution < -0.4 is 0 Å². The van der Waals surface area contributed by atoms with Crippen LogP contribution in [0.3, 0.4) is 0 Å². The zero-order valence-electron chi connectivity index (χ0n) is 18.0. The second-order valence-corrected chi connectivity index (χ2v) is 9.41. The Bertz CT molecular complexity index is 962. The molecule has 0 aromatic carbocycles. The predicted octanol–water partition coefficient (Wildman–Crippen LogP) is 1.74. The molecule has 1 aliphatic heterocycles. The van der Waals surface area contributed by atoms with E-state index in [9.17, 15) is 13.2 Å². The van der Waals surface area contributed by atoms with Gasteiger partial charge in [0.1, 0.15) is 0 Å². The van der Waals surface area contributed by atoms with Crippen molar-refractivity contribution in [3.8, 4) is 5.82 Å². The Morgan fingerprint density at radius 2 is 1.80 bits per heavy atom. The lowest BCUT2D eigenvalue weighted by atomic mass is 10.0. The molecule has 1 amide bonds. The second kappa shape index (κ2) is 9.23. The van der Waals surface area contributed by atoms with E-state index in [0.29, 0.717) is 37.6 Å². The Labute approximate surface area is 178 Å². The molecule has 30 heavy (non-hydrogen) atoms. The highest BCUT2D eigenvalue weighted by molar-refractivity contribution is 7.86. The molecule has 0 atom stereocenters. The molecule has 0 spiro atoms. The van der Waals surface area contributed by atoms with Gasteiger partial charge in [-0.25, -0.2) is 9.67 Å². The van der Waals surface area contributed by atoms with Crippen LogP contribution in [-0.4, -0.2) is 81.9 Å². The van der Waals surface area contributed by atoms with Gasteiger partial charge in [0.15, 0.2) is 5.82 Å². The molecule has 0 unspecified atom stereocenters. The van der Waals surface area contributed by atoms with Gasteiger partial charge in [0, 0.05) is 45.5 Å². The topological polar surface area (TPSA) is 91.6 Å². The van der Waals surface area contributed by atoms with Gasteiger partial charge in [-0.15, -0.1) is 0 Å². The molecule has 0 aliphatic carbocycles. The molecule has 2 aromatic rings. The SMILES string of the molecule is CCN(CC)S(=O)(=O)N1CCN(C(=O)c2cnn(-c3ccccn3)c2C(C)C)CC1. The maximum absolute atomic E-state index is 13.2. The highest BCUT2D eigenvalue weighted by atomic mass is 32.2. The number of amides is 1. The highest BCUT2D eigenvalue weighted by Gasteiger charge is 2.33. The van der Waals surface area contributed by atoms with Crippen molar-refractivity contribution in [1.82, 2.24) is 28.3 Å². The Morgan fingerprint density at radius 1 is 1.13 bits per heavy atom. The van der Waals surface area contributed by atoms with E-state index >= 15 is 0 Å². The van der Waals surface area contributed by atoms with Crippen LogP contribution >= 0.6 is 0 Å². The first-order valence-corrected chi connectivity index (χ1v) is 11.7. The quantitative estimate of drug-likeness (QED) is 0.662. The molecule has 0 bridgehead atoms. The van der Waals surface area contributed by atoms with E-state index in [1.54, 1.807) is 22.0 Å².